The molecule has 1 aromatic rings. The Morgan fingerprint density at radius 1 is 1.17 bits per heavy atom. The molecule has 0 spiro atoms. The zero-order chi connectivity index (χ0) is 12.5. The molecule has 0 N–H and O–H groups in total. The van der Waals surface area contributed by atoms with E-state index in [0.717, 1.165) is 42.5 Å². The first kappa shape index (κ1) is 12.0. The van der Waals surface area contributed by atoms with Crippen LogP contribution in [-0.4, -0.2) is 19.4 Å². The Morgan fingerprint density at radius 2 is 1.78 bits per heavy atom. The van der Waals surface area contributed by atoms with Crippen molar-refractivity contribution in [3.05, 3.63) is 28.8 Å². The SMILES string of the molecule is O=Cc1cccc(Cl)c1N(CC1CC1)CC1CC1. The highest BCUT2D eigenvalue weighted by Gasteiger charge is 2.30. The Kier molecular flexibility index (Phi) is 3.29. The van der Waals surface area contributed by atoms with Crippen molar-refractivity contribution in [1.29, 1.82) is 0 Å². The van der Waals surface area contributed by atoms with E-state index in [2.05, 4.69) is 4.90 Å². The molecular formula is C15H18ClNO. The van der Waals surface area contributed by atoms with Crippen molar-refractivity contribution in [2.24, 2.45) is 11.8 Å². The topological polar surface area (TPSA) is 20.3 Å². The van der Waals surface area contributed by atoms with E-state index in [0.29, 0.717) is 5.02 Å². The molecule has 2 saturated carbocycles. The summed E-state index contributed by atoms with van der Waals surface area (Å²) in [4.78, 5) is 13.6. The van der Waals surface area contributed by atoms with Gasteiger partial charge < -0.3 is 4.90 Å². The number of rotatable bonds is 6. The highest BCUT2D eigenvalue weighted by atomic mass is 35.5. The number of hydrogen-bond donors (Lipinski definition) is 0. The van der Waals surface area contributed by atoms with Crippen LogP contribution in [0.2, 0.25) is 5.02 Å². The minimum Gasteiger partial charge on any atom is -0.369 e. The van der Waals surface area contributed by atoms with Crippen LogP contribution in [0.1, 0.15) is 36.0 Å². The Hall–Kier alpha value is -1.02. The molecule has 0 atom stereocenters. The lowest BCUT2D eigenvalue weighted by atomic mass is 10.1. The largest absolute Gasteiger partial charge is 0.369 e. The molecule has 2 nitrogen and oxygen atoms in total. The fourth-order valence-corrected chi connectivity index (χ4v) is 2.74. The van der Waals surface area contributed by atoms with Crippen LogP contribution in [0, 0.1) is 11.8 Å². The second kappa shape index (κ2) is 4.93. The van der Waals surface area contributed by atoms with Crippen LogP contribution in [0.4, 0.5) is 5.69 Å². The zero-order valence-corrected chi connectivity index (χ0v) is 11.2. The van der Waals surface area contributed by atoms with Gasteiger partial charge in [0.1, 0.15) is 0 Å². The maximum absolute atomic E-state index is 11.2. The van der Waals surface area contributed by atoms with Crippen LogP contribution in [0.5, 0.6) is 0 Å². The smallest absolute Gasteiger partial charge is 0.152 e. The van der Waals surface area contributed by atoms with Crippen molar-refractivity contribution in [2.75, 3.05) is 18.0 Å². The summed E-state index contributed by atoms with van der Waals surface area (Å²) in [6.45, 7) is 2.11. The summed E-state index contributed by atoms with van der Waals surface area (Å²) < 4.78 is 0. The van der Waals surface area contributed by atoms with Crippen LogP contribution in [-0.2, 0) is 0 Å². The molecule has 0 radical (unpaired) electrons. The van der Waals surface area contributed by atoms with Crippen LogP contribution in [0.3, 0.4) is 0 Å². The van der Waals surface area contributed by atoms with Gasteiger partial charge in [-0.2, -0.15) is 0 Å². The third kappa shape index (κ3) is 2.69. The minimum atomic E-state index is 0.709. The van der Waals surface area contributed by atoms with Crippen molar-refractivity contribution >= 4 is 23.6 Å². The van der Waals surface area contributed by atoms with E-state index < -0.39 is 0 Å². The molecule has 1 aromatic carbocycles. The fourth-order valence-electron chi connectivity index (χ4n) is 2.44. The Bertz CT molecular complexity index is 438. The summed E-state index contributed by atoms with van der Waals surface area (Å²) in [5, 5.41) is 0.709. The molecule has 0 unspecified atom stereocenters. The molecule has 0 bridgehead atoms. The van der Waals surface area contributed by atoms with Gasteiger partial charge in [0.05, 0.1) is 10.7 Å². The molecule has 18 heavy (non-hydrogen) atoms. The van der Waals surface area contributed by atoms with Gasteiger partial charge in [-0.3, -0.25) is 4.79 Å². The number of halogens is 1. The molecule has 0 aliphatic heterocycles. The van der Waals surface area contributed by atoms with E-state index in [9.17, 15) is 4.79 Å². The predicted molar refractivity (Wildman–Crippen MR) is 74.5 cm³/mol. The third-order valence-corrected chi connectivity index (χ3v) is 4.12. The lowest BCUT2D eigenvalue weighted by molar-refractivity contribution is 0.112. The number of aldehydes is 1. The number of anilines is 1. The van der Waals surface area contributed by atoms with Crippen molar-refractivity contribution in [2.45, 2.75) is 25.7 Å². The van der Waals surface area contributed by atoms with Gasteiger partial charge in [-0.15, -0.1) is 0 Å². The summed E-state index contributed by atoms with van der Waals surface area (Å²) in [5.41, 5.74) is 1.68. The van der Waals surface area contributed by atoms with E-state index in [-0.39, 0.29) is 0 Å². The number of hydrogen-bond acceptors (Lipinski definition) is 2. The van der Waals surface area contributed by atoms with E-state index in [4.69, 9.17) is 11.6 Å². The predicted octanol–water partition coefficient (Wildman–Crippen LogP) is 3.78. The second-order valence-electron chi connectivity index (χ2n) is 5.59. The van der Waals surface area contributed by atoms with Crippen LogP contribution in [0.25, 0.3) is 0 Å². The third-order valence-electron chi connectivity index (χ3n) is 3.81. The van der Waals surface area contributed by atoms with E-state index in [1.165, 1.54) is 25.7 Å². The summed E-state index contributed by atoms with van der Waals surface area (Å²) in [5.74, 6) is 1.61. The Labute approximate surface area is 113 Å². The summed E-state index contributed by atoms with van der Waals surface area (Å²) in [6, 6.07) is 5.60. The molecule has 96 valence electrons. The quantitative estimate of drug-likeness (QED) is 0.728. The number of para-hydroxylation sites is 1. The number of nitrogens with zero attached hydrogens (tertiary/aromatic N) is 1. The number of benzene rings is 1. The van der Waals surface area contributed by atoms with Gasteiger partial charge in [0.15, 0.2) is 6.29 Å². The molecule has 0 aromatic heterocycles. The van der Waals surface area contributed by atoms with Crippen molar-refractivity contribution < 1.29 is 4.79 Å². The van der Waals surface area contributed by atoms with Gasteiger partial charge in [0, 0.05) is 18.7 Å². The van der Waals surface area contributed by atoms with E-state index in [1.807, 2.05) is 18.2 Å². The molecule has 0 saturated heterocycles. The van der Waals surface area contributed by atoms with Crippen LogP contribution in [0.15, 0.2) is 18.2 Å². The van der Waals surface area contributed by atoms with Gasteiger partial charge in [-0.25, -0.2) is 0 Å². The van der Waals surface area contributed by atoms with E-state index >= 15 is 0 Å². The molecule has 3 rings (SSSR count). The van der Waals surface area contributed by atoms with Crippen LogP contribution >= 0.6 is 11.6 Å². The first-order valence-electron chi connectivity index (χ1n) is 6.76. The van der Waals surface area contributed by atoms with Gasteiger partial charge in [0.2, 0.25) is 0 Å². The average Bonchev–Trinajstić information content (AvgIpc) is 3.23. The van der Waals surface area contributed by atoms with Crippen molar-refractivity contribution in [3.63, 3.8) is 0 Å². The van der Waals surface area contributed by atoms with Crippen LogP contribution < -0.4 is 4.90 Å². The fraction of sp³-hybridized carbons (Fsp3) is 0.533. The normalized spacial score (nSPS) is 18.7. The molecule has 0 amide bonds. The molecule has 2 aliphatic carbocycles. The zero-order valence-electron chi connectivity index (χ0n) is 10.4. The standard InChI is InChI=1S/C15H18ClNO/c16-14-3-1-2-13(10-18)15(14)17(8-11-4-5-11)9-12-6-7-12/h1-3,10-12H,4-9H2. The lowest BCUT2D eigenvalue weighted by Crippen LogP contribution is -2.29. The maximum Gasteiger partial charge on any atom is 0.152 e. The molecule has 2 aliphatic rings. The number of carbonyl (C=O) groups excluding carboxylic acids is 1. The molecule has 0 heterocycles. The van der Waals surface area contributed by atoms with E-state index in [1.54, 1.807) is 0 Å². The Balaban J connectivity index is 1.88. The Morgan fingerprint density at radius 3 is 2.28 bits per heavy atom. The van der Waals surface area contributed by atoms with Gasteiger partial charge in [-0.05, 0) is 49.7 Å². The molecule has 3 heteroatoms. The highest BCUT2D eigenvalue weighted by Crippen LogP contribution is 2.38. The monoisotopic (exact) mass is 263 g/mol. The first-order chi connectivity index (χ1) is 8.78. The average molecular weight is 264 g/mol. The highest BCUT2D eigenvalue weighted by molar-refractivity contribution is 6.33. The van der Waals surface area contributed by atoms with Gasteiger partial charge in [0.25, 0.3) is 0 Å². The summed E-state index contributed by atoms with van der Waals surface area (Å²) in [6.07, 6.45) is 6.21. The lowest BCUT2D eigenvalue weighted by Gasteiger charge is -2.27. The van der Waals surface area contributed by atoms with Crippen molar-refractivity contribution in [1.82, 2.24) is 0 Å². The minimum absolute atomic E-state index is 0.709. The maximum atomic E-state index is 11.2. The van der Waals surface area contributed by atoms with Gasteiger partial charge >= 0.3 is 0 Å². The number of carbonyl (C=O) groups is 1. The van der Waals surface area contributed by atoms with Gasteiger partial charge in [-0.1, -0.05) is 17.7 Å². The molecular weight excluding hydrogens is 246 g/mol. The second-order valence-corrected chi connectivity index (χ2v) is 5.99. The summed E-state index contributed by atoms with van der Waals surface area (Å²) >= 11 is 6.31. The first-order valence-corrected chi connectivity index (χ1v) is 7.14. The molecule has 2 fully saturated rings. The summed E-state index contributed by atoms with van der Waals surface area (Å²) in [7, 11) is 0. The van der Waals surface area contributed by atoms with Crippen molar-refractivity contribution in [3.8, 4) is 0 Å².